The first-order valence-corrected chi connectivity index (χ1v) is 10.7. The molecule has 1 unspecified atom stereocenters. The first-order valence-electron chi connectivity index (χ1n) is 9.88. The highest BCUT2D eigenvalue weighted by atomic mass is 79.9. The summed E-state index contributed by atoms with van der Waals surface area (Å²) in [6, 6.07) is 16.7. The average Bonchev–Trinajstić information content (AvgIpc) is 3.32. The molecule has 0 aliphatic carbocycles. The number of hydrogen-bond donors (Lipinski definition) is 0. The van der Waals surface area contributed by atoms with Crippen LogP contribution in [0.25, 0.3) is 11.4 Å². The standard InChI is InChI=1S/C23H22BrN3O/c24-18-10-8-17(9-11-18)23(16-21(28)26-13-4-1-5-14-26)20-7-3-2-6-19(20)22-25-12-15-27(22)23/h2-3,6-12,15H,1,4-5,13-14,16H2. The summed E-state index contributed by atoms with van der Waals surface area (Å²) < 4.78 is 3.23. The molecule has 142 valence electrons. The molecule has 4 nitrogen and oxygen atoms in total. The largest absolute Gasteiger partial charge is 0.343 e. The predicted molar refractivity (Wildman–Crippen MR) is 113 cm³/mol. The Morgan fingerprint density at radius 3 is 2.57 bits per heavy atom. The van der Waals surface area contributed by atoms with E-state index in [1.807, 2.05) is 23.4 Å². The molecule has 28 heavy (non-hydrogen) atoms. The summed E-state index contributed by atoms with van der Waals surface area (Å²) in [4.78, 5) is 20.1. The Labute approximate surface area is 173 Å². The van der Waals surface area contributed by atoms with Crippen LogP contribution in [0.2, 0.25) is 0 Å². The van der Waals surface area contributed by atoms with Crippen LogP contribution in [0.15, 0.2) is 65.4 Å². The summed E-state index contributed by atoms with van der Waals surface area (Å²) in [6.45, 7) is 1.74. The first kappa shape index (κ1) is 17.7. The SMILES string of the molecule is O=C(CC1(c2ccc(Br)cc2)c2ccccc2-c2nccn21)N1CCCCC1. The number of halogens is 1. The molecule has 2 aromatic carbocycles. The van der Waals surface area contributed by atoms with Crippen LogP contribution >= 0.6 is 15.9 Å². The van der Waals surface area contributed by atoms with Gasteiger partial charge in [-0.3, -0.25) is 4.79 Å². The Balaban J connectivity index is 1.68. The van der Waals surface area contributed by atoms with E-state index in [-0.39, 0.29) is 5.91 Å². The van der Waals surface area contributed by atoms with Crippen molar-refractivity contribution in [1.82, 2.24) is 14.5 Å². The van der Waals surface area contributed by atoms with Gasteiger partial charge in [-0.15, -0.1) is 0 Å². The van der Waals surface area contributed by atoms with Gasteiger partial charge in [0.15, 0.2) is 0 Å². The van der Waals surface area contributed by atoms with Gasteiger partial charge in [0.25, 0.3) is 0 Å². The molecule has 1 aromatic heterocycles. The summed E-state index contributed by atoms with van der Waals surface area (Å²) in [6.07, 6.45) is 7.68. The Morgan fingerprint density at radius 1 is 1.04 bits per heavy atom. The van der Waals surface area contributed by atoms with Crippen molar-refractivity contribution < 1.29 is 4.79 Å². The fraction of sp³-hybridized carbons (Fsp3) is 0.304. The Bertz CT molecular complexity index is 1020. The lowest BCUT2D eigenvalue weighted by molar-refractivity contribution is -0.133. The van der Waals surface area contributed by atoms with E-state index in [0.717, 1.165) is 52.9 Å². The second-order valence-corrected chi connectivity index (χ2v) is 8.57. The van der Waals surface area contributed by atoms with E-state index in [1.165, 1.54) is 6.42 Å². The van der Waals surface area contributed by atoms with Crippen LogP contribution < -0.4 is 0 Å². The number of fused-ring (bicyclic) bond motifs is 3. The number of nitrogens with zero attached hydrogens (tertiary/aromatic N) is 3. The van der Waals surface area contributed by atoms with E-state index in [0.29, 0.717) is 6.42 Å². The van der Waals surface area contributed by atoms with Crippen LogP contribution in [0.4, 0.5) is 0 Å². The van der Waals surface area contributed by atoms with Crippen molar-refractivity contribution in [3.05, 3.63) is 76.5 Å². The van der Waals surface area contributed by atoms with E-state index in [1.54, 1.807) is 0 Å². The number of amides is 1. The molecule has 0 radical (unpaired) electrons. The van der Waals surface area contributed by atoms with Gasteiger partial charge in [-0.05, 0) is 42.5 Å². The maximum absolute atomic E-state index is 13.4. The molecule has 1 fully saturated rings. The number of rotatable bonds is 3. The summed E-state index contributed by atoms with van der Waals surface area (Å²) >= 11 is 3.55. The number of imidazole rings is 1. The van der Waals surface area contributed by atoms with Gasteiger partial charge >= 0.3 is 0 Å². The molecule has 2 aliphatic rings. The molecule has 0 N–H and O–H groups in total. The minimum absolute atomic E-state index is 0.221. The number of aromatic nitrogens is 2. The molecule has 1 saturated heterocycles. The number of benzene rings is 2. The normalized spacial score (nSPS) is 20.7. The average molecular weight is 436 g/mol. The molecule has 5 rings (SSSR count). The van der Waals surface area contributed by atoms with Crippen molar-refractivity contribution in [3.63, 3.8) is 0 Å². The number of carbonyl (C=O) groups is 1. The molecule has 5 heteroatoms. The minimum Gasteiger partial charge on any atom is -0.343 e. The summed E-state index contributed by atoms with van der Waals surface area (Å²) in [5.41, 5.74) is 2.83. The van der Waals surface area contributed by atoms with Gasteiger partial charge in [0, 0.05) is 35.5 Å². The lowest BCUT2D eigenvalue weighted by Crippen LogP contribution is -2.43. The molecule has 0 spiro atoms. The van der Waals surface area contributed by atoms with Gasteiger partial charge in [-0.2, -0.15) is 0 Å². The fourth-order valence-corrected chi connectivity index (χ4v) is 5.02. The Kier molecular flexibility index (Phi) is 4.35. The summed E-state index contributed by atoms with van der Waals surface area (Å²) in [5, 5.41) is 0. The Hall–Kier alpha value is -2.40. The van der Waals surface area contributed by atoms with Crippen molar-refractivity contribution in [1.29, 1.82) is 0 Å². The van der Waals surface area contributed by atoms with Crippen molar-refractivity contribution in [2.75, 3.05) is 13.1 Å². The molecule has 0 bridgehead atoms. The Morgan fingerprint density at radius 2 is 1.79 bits per heavy atom. The van der Waals surface area contributed by atoms with E-state index < -0.39 is 5.54 Å². The summed E-state index contributed by atoms with van der Waals surface area (Å²) in [5.74, 6) is 1.16. The third-order valence-electron chi connectivity index (χ3n) is 6.10. The third-order valence-corrected chi connectivity index (χ3v) is 6.63. The molecule has 3 aromatic rings. The predicted octanol–water partition coefficient (Wildman–Crippen LogP) is 4.82. The maximum atomic E-state index is 13.4. The monoisotopic (exact) mass is 435 g/mol. The van der Waals surface area contributed by atoms with Crippen LogP contribution in [-0.4, -0.2) is 33.4 Å². The number of piperidine rings is 1. The smallest absolute Gasteiger partial charge is 0.225 e. The molecule has 1 atom stereocenters. The highest BCUT2D eigenvalue weighted by Crippen LogP contribution is 2.49. The molecule has 2 aliphatic heterocycles. The second kappa shape index (κ2) is 6.89. The van der Waals surface area contributed by atoms with E-state index >= 15 is 0 Å². The summed E-state index contributed by atoms with van der Waals surface area (Å²) in [7, 11) is 0. The minimum atomic E-state index is -0.558. The molecular formula is C23H22BrN3O. The van der Waals surface area contributed by atoms with Gasteiger partial charge in [-0.25, -0.2) is 4.98 Å². The van der Waals surface area contributed by atoms with Gasteiger partial charge in [0.2, 0.25) is 5.91 Å². The van der Waals surface area contributed by atoms with E-state index in [9.17, 15) is 4.79 Å². The number of likely N-dealkylation sites (tertiary alicyclic amines) is 1. The van der Waals surface area contributed by atoms with Crippen LogP contribution in [0, 0.1) is 0 Å². The van der Waals surface area contributed by atoms with Crippen molar-refractivity contribution in [3.8, 4) is 11.4 Å². The van der Waals surface area contributed by atoms with Crippen molar-refractivity contribution in [2.45, 2.75) is 31.2 Å². The van der Waals surface area contributed by atoms with E-state index in [2.05, 4.69) is 67.9 Å². The lowest BCUT2D eigenvalue weighted by atomic mass is 9.79. The molecule has 1 amide bonds. The highest BCUT2D eigenvalue weighted by Gasteiger charge is 2.46. The highest BCUT2D eigenvalue weighted by molar-refractivity contribution is 9.10. The lowest BCUT2D eigenvalue weighted by Gasteiger charge is -2.36. The van der Waals surface area contributed by atoms with Crippen LogP contribution in [0.3, 0.4) is 0 Å². The van der Waals surface area contributed by atoms with Gasteiger partial charge in [0.05, 0.1) is 6.42 Å². The quantitative estimate of drug-likeness (QED) is 0.591. The van der Waals surface area contributed by atoms with Crippen LogP contribution in [0.1, 0.15) is 36.8 Å². The molecular weight excluding hydrogens is 414 g/mol. The van der Waals surface area contributed by atoms with Gasteiger partial charge in [0.1, 0.15) is 11.4 Å². The maximum Gasteiger partial charge on any atom is 0.225 e. The van der Waals surface area contributed by atoms with Gasteiger partial charge in [-0.1, -0.05) is 52.3 Å². The topological polar surface area (TPSA) is 38.1 Å². The van der Waals surface area contributed by atoms with Gasteiger partial charge < -0.3 is 9.47 Å². The zero-order chi connectivity index (χ0) is 19.1. The second-order valence-electron chi connectivity index (χ2n) is 7.65. The first-order chi connectivity index (χ1) is 13.7. The van der Waals surface area contributed by atoms with Crippen molar-refractivity contribution >= 4 is 21.8 Å². The number of hydrogen-bond acceptors (Lipinski definition) is 2. The molecule has 3 heterocycles. The van der Waals surface area contributed by atoms with Crippen LogP contribution in [0.5, 0.6) is 0 Å². The zero-order valence-electron chi connectivity index (χ0n) is 15.6. The van der Waals surface area contributed by atoms with E-state index in [4.69, 9.17) is 0 Å². The molecule has 0 saturated carbocycles. The zero-order valence-corrected chi connectivity index (χ0v) is 17.2. The third kappa shape index (κ3) is 2.64. The fourth-order valence-electron chi connectivity index (χ4n) is 4.76. The van der Waals surface area contributed by atoms with Crippen LogP contribution in [-0.2, 0) is 10.3 Å². The van der Waals surface area contributed by atoms with Crippen molar-refractivity contribution in [2.24, 2.45) is 0 Å². The number of carbonyl (C=O) groups excluding carboxylic acids is 1.